The number of H-pyrrole nitrogens is 1. The van der Waals surface area contributed by atoms with Gasteiger partial charge in [-0.3, -0.25) is 5.41 Å². The van der Waals surface area contributed by atoms with Crippen LogP contribution in [-0.4, -0.2) is 34.2 Å². The lowest BCUT2D eigenvalue weighted by Crippen LogP contribution is -2.22. The van der Waals surface area contributed by atoms with Crippen molar-refractivity contribution in [3.63, 3.8) is 0 Å². The predicted molar refractivity (Wildman–Crippen MR) is 111 cm³/mol. The SMILES string of the molecule is CCOC(=O)c1cc(OC)cc(-c2cc3cnc4[nH]ccc4c3n(CC)c2=N)c1. The lowest BCUT2D eigenvalue weighted by Gasteiger charge is -2.15. The summed E-state index contributed by atoms with van der Waals surface area (Å²) in [5, 5.41) is 10.8. The molecule has 0 aliphatic heterocycles. The van der Waals surface area contributed by atoms with E-state index in [1.54, 1.807) is 32.4 Å². The number of pyridine rings is 2. The average Bonchev–Trinajstić information content (AvgIpc) is 3.22. The molecule has 0 aliphatic rings. The zero-order valence-corrected chi connectivity index (χ0v) is 16.6. The number of benzene rings is 1. The van der Waals surface area contributed by atoms with Crippen molar-refractivity contribution >= 4 is 27.9 Å². The van der Waals surface area contributed by atoms with E-state index in [1.807, 2.05) is 35.9 Å². The van der Waals surface area contributed by atoms with Crippen LogP contribution in [-0.2, 0) is 11.3 Å². The molecule has 0 unspecified atom stereocenters. The van der Waals surface area contributed by atoms with E-state index in [0.717, 1.165) is 27.5 Å². The highest BCUT2D eigenvalue weighted by Gasteiger charge is 2.15. The number of aryl methyl sites for hydroxylation is 1. The lowest BCUT2D eigenvalue weighted by molar-refractivity contribution is 0.0526. The van der Waals surface area contributed by atoms with E-state index >= 15 is 0 Å². The molecule has 0 saturated carbocycles. The maximum absolute atomic E-state index is 12.3. The predicted octanol–water partition coefficient (Wildman–Crippen LogP) is 3.87. The number of aromatic amines is 1. The standard InChI is InChI=1S/C22H22N4O3/c1-4-26-19-15(12-25-21-17(19)6-7-24-21)11-18(20(26)23)13-8-14(22(27)29-5-2)10-16(9-13)28-3/h6-12,23H,4-5H2,1-3H3,(H,24,25). The van der Waals surface area contributed by atoms with Crippen LogP contribution in [0.25, 0.3) is 33.1 Å². The molecule has 3 aromatic heterocycles. The van der Waals surface area contributed by atoms with Gasteiger partial charge in [0.25, 0.3) is 0 Å². The van der Waals surface area contributed by atoms with Gasteiger partial charge in [-0.1, -0.05) is 0 Å². The van der Waals surface area contributed by atoms with Crippen molar-refractivity contribution in [2.45, 2.75) is 20.4 Å². The van der Waals surface area contributed by atoms with Gasteiger partial charge in [0.2, 0.25) is 0 Å². The van der Waals surface area contributed by atoms with E-state index in [2.05, 4.69) is 9.97 Å². The van der Waals surface area contributed by atoms with Crippen molar-refractivity contribution in [2.24, 2.45) is 0 Å². The van der Waals surface area contributed by atoms with Crippen LogP contribution in [0.3, 0.4) is 0 Å². The van der Waals surface area contributed by atoms with Crippen molar-refractivity contribution in [1.29, 1.82) is 5.41 Å². The van der Waals surface area contributed by atoms with Gasteiger partial charge in [0.05, 0.1) is 24.8 Å². The van der Waals surface area contributed by atoms with E-state index in [-0.39, 0.29) is 0 Å². The van der Waals surface area contributed by atoms with E-state index in [0.29, 0.717) is 35.5 Å². The Kier molecular flexibility index (Phi) is 4.80. The van der Waals surface area contributed by atoms with Crippen LogP contribution >= 0.6 is 0 Å². The Morgan fingerprint density at radius 2 is 2.07 bits per heavy atom. The third kappa shape index (κ3) is 3.14. The minimum absolute atomic E-state index is 0.291. The molecule has 4 aromatic rings. The summed E-state index contributed by atoms with van der Waals surface area (Å²) in [5.41, 5.74) is 3.91. The maximum atomic E-state index is 12.3. The Morgan fingerprint density at radius 1 is 1.24 bits per heavy atom. The maximum Gasteiger partial charge on any atom is 0.338 e. The molecule has 29 heavy (non-hydrogen) atoms. The summed E-state index contributed by atoms with van der Waals surface area (Å²) in [7, 11) is 1.55. The number of nitrogens with one attached hydrogen (secondary N) is 2. The van der Waals surface area contributed by atoms with Gasteiger partial charge in [-0.25, -0.2) is 9.78 Å². The first-order chi connectivity index (χ1) is 14.1. The van der Waals surface area contributed by atoms with Crippen LogP contribution in [0, 0.1) is 5.41 Å². The number of carbonyl (C=O) groups is 1. The molecule has 7 nitrogen and oxygen atoms in total. The third-order valence-corrected chi connectivity index (χ3v) is 4.96. The molecule has 0 radical (unpaired) electrons. The van der Waals surface area contributed by atoms with Crippen molar-refractivity contribution in [1.82, 2.24) is 14.5 Å². The molecule has 0 amide bonds. The van der Waals surface area contributed by atoms with Crippen molar-refractivity contribution < 1.29 is 14.3 Å². The van der Waals surface area contributed by atoms with Gasteiger partial charge < -0.3 is 19.0 Å². The van der Waals surface area contributed by atoms with Crippen LogP contribution in [0.15, 0.2) is 42.7 Å². The van der Waals surface area contributed by atoms with Gasteiger partial charge in [-0.05, 0) is 49.7 Å². The molecule has 0 atom stereocenters. The zero-order valence-electron chi connectivity index (χ0n) is 16.6. The summed E-state index contributed by atoms with van der Waals surface area (Å²) in [6.45, 7) is 4.69. The second-order valence-corrected chi connectivity index (χ2v) is 6.62. The molecule has 148 valence electrons. The van der Waals surface area contributed by atoms with Crippen molar-refractivity contribution in [2.75, 3.05) is 13.7 Å². The number of carbonyl (C=O) groups excluding carboxylic acids is 1. The molecule has 4 rings (SSSR count). The normalized spacial score (nSPS) is 11.1. The highest BCUT2D eigenvalue weighted by atomic mass is 16.5. The molecular weight excluding hydrogens is 368 g/mol. The van der Waals surface area contributed by atoms with Gasteiger partial charge in [-0.15, -0.1) is 0 Å². The summed E-state index contributed by atoms with van der Waals surface area (Å²) in [4.78, 5) is 19.9. The average molecular weight is 390 g/mol. The monoisotopic (exact) mass is 390 g/mol. The van der Waals surface area contributed by atoms with E-state index in [9.17, 15) is 4.79 Å². The summed E-state index contributed by atoms with van der Waals surface area (Å²) < 4.78 is 12.5. The lowest BCUT2D eigenvalue weighted by atomic mass is 10.0. The van der Waals surface area contributed by atoms with Crippen molar-refractivity contribution in [3.05, 3.63) is 53.8 Å². The van der Waals surface area contributed by atoms with Gasteiger partial charge in [-0.2, -0.15) is 0 Å². The van der Waals surface area contributed by atoms with E-state index in [4.69, 9.17) is 14.9 Å². The molecule has 1 aromatic carbocycles. The number of aromatic nitrogens is 3. The number of fused-ring (bicyclic) bond motifs is 3. The molecule has 7 heteroatoms. The van der Waals surface area contributed by atoms with E-state index < -0.39 is 5.97 Å². The first-order valence-electron chi connectivity index (χ1n) is 9.48. The first kappa shape index (κ1) is 18.7. The zero-order chi connectivity index (χ0) is 20.5. The smallest absolute Gasteiger partial charge is 0.338 e. The Labute approximate surface area is 167 Å². The van der Waals surface area contributed by atoms with Gasteiger partial charge in [0.1, 0.15) is 16.9 Å². The fraction of sp³-hybridized carbons (Fsp3) is 0.227. The number of methoxy groups -OCH3 is 1. The minimum atomic E-state index is -0.418. The number of ether oxygens (including phenoxy) is 2. The molecule has 0 fully saturated rings. The molecule has 0 bridgehead atoms. The number of rotatable bonds is 5. The van der Waals surface area contributed by atoms with Crippen LogP contribution in [0.4, 0.5) is 0 Å². The largest absolute Gasteiger partial charge is 0.497 e. The minimum Gasteiger partial charge on any atom is -0.497 e. The number of nitrogens with zero attached hydrogens (tertiary/aromatic N) is 2. The van der Waals surface area contributed by atoms with Gasteiger partial charge in [0.15, 0.2) is 0 Å². The second-order valence-electron chi connectivity index (χ2n) is 6.62. The summed E-state index contributed by atoms with van der Waals surface area (Å²) in [6, 6.07) is 9.12. The van der Waals surface area contributed by atoms with Crippen LogP contribution in [0.5, 0.6) is 5.75 Å². The van der Waals surface area contributed by atoms with Gasteiger partial charge in [0, 0.05) is 35.3 Å². The Bertz CT molecular complexity index is 1290. The van der Waals surface area contributed by atoms with Gasteiger partial charge >= 0.3 is 5.97 Å². The molecule has 3 heterocycles. The molecule has 0 aliphatic carbocycles. The Hall–Kier alpha value is -3.61. The third-order valence-electron chi connectivity index (χ3n) is 4.96. The number of esters is 1. The number of hydrogen-bond acceptors (Lipinski definition) is 5. The fourth-order valence-corrected chi connectivity index (χ4v) is 3.64. The van der Waals surface area contributed by atoms with Crippen LogP contribution in [0.2, 0.25) is 0 Å². The Morgan fingerprint density at radius 3 is 2.79 bits per heavy atom. The molecular formula is C22H22N4O3. The summed E-state index contributed by atoms with van der Waals surface area (Å²) >= 11 is 0. The Balaban J connectivity index is 2.00. The van der Waals surface area contributed by atoms with Crippen LogP contribution in [0.1, 0.15) is 24.2 Å². The van der Waals surface area contributed by atoms with E-state index in [1.165, 1.54) is 0 Å². The topological polar surface area (TPSA) is 93.0 Å². The molecule has 0 saturated heterocycles. The summed E-state index contributed by atoms with van der Waals surface area (Å²) in [6.07, 6.45) is 3.65. The molecule has 2 N–H and O–H groups in total. The quantitative estimate of drug-likeness (QED) is 0.506. The highest BCUT2D eigenvalue weighted by molar-refractivity contribution is 6.03. The fourth-order valence-electron chi connectivity index (χ4n) is 3.64. The van der Waals surface area contributed by atoms with Crippen LogP contribution < -0.4 is 10.2 Å². The molecule has 0 spiro atoms. The second kappa shape index (κ2) is 7.43. The van der Waals surface area contributed by atoms with Crippen molar-refractivity contribution in [3.8, 4) is 16.9 Å². The first-order valence-corrected chi connectivity index (χ1v) is 9.48. The number of hydrogen-bond donors (Lipinski definition) is 2. The highest BCUT2D eigenvalue weighted by Crippen LogP contribution is 2.29. The summed E-state index contributed by atoms with van der Waals surface area (Å²) in [5.74, 6) is 0.117.